The first-order chi connectivity index (χ1) is 14.4. The normalized spacial score (nSPS) is 14.7. The maximum Gasteiger partial charge on any atom is 0.407 e. The van der Waals surface area contributed by atoms with Crippen molar-refractivity contribution in [3.05, 3.63) is 58.6 Å². The largest absolute Gasteiger partial charge is 0.444 e. The van der Waals surface area contributed by atoms with Crippen molar-refractivity contribution in [2.75, 3.05) is 5.32 Å². The van der Waals surface area contributed by atoms with Crippen LogP contribution in [0.15, 0.2) is 42.0 Å². The number of halogens is 4. The molecule has 0 unspecified atom stereocenters. The molecule has 0 saturated heterocycles. The highest BCUT2D eigenvalue weighted by Crippen LogP contribution is 2.21. The summed E-state index contributed by atoms with van der Waals surface area (Å²) in [5, 5.41) is 13.9. The summed E-state index contributed by atoms with van der Waals surface area (Å²) in [6.45, 7) is 8.09. The second-order valence-electron chi connectivity index (χ2n) is 7.43. The quantitative estimate of drug-likeness (QED) is 0.404. The van der Waals surface area contributed by atoms with E-state index in [0.29, 0.717) is 0 Å². The maximum absolute atomic E-state index is 14.3. The summed E-state index contributed by atoms with van der Waals surface area (Å²) in [5.41, 5.74) is -0.930. The van der Waals surface area contributed by atoms with Crippen LogP contribution in [0.25, 0.3) is 0 Å². The molecular formula is C21H24ClF3N4O2. The molecule has 0 aliphatic rings. The average molecular weight is 457 g/mol. The van der Waals surface area contributed by atoms with E-state index in [4.69, 9.17) is 21.6 Å². The number of amides is 1. The van der Waals surface area contributed by atoms with Crippen LogP contribution in [0.4, 0.5) is 23.8 Å². The van der Waals surface area contributed by atoms with Gasteiger partial charge < -0.3 is 15.4 Å². The Morgan fingerprint density at radius 3 is 2.48 bits per heavy atom. The molecule has 0 fully saturated rings. The van der Waals surface area contributed by atoms with Crippen LogP contribution >= 0.6 is 11.6 Å². The van der Waals surface area contributed by atoms with E-state index in [1.807, 2.05) is 0 Å². The topological polar surface area (TPSA) is 87.0 Å². The Bertz CT molecular complexity index is 934. The fourth-order valence-corrected chi connectivity index (χ4v) is 2.40. The van der Waals surface area contributed by atoms with Crippen LogP contribution in [-0.2, 0) is 4.74 Å². The smallest absolute Gasteiger partial charge is 0.407 e. The highest BCUT2D eigenvalue weighted by Gasteiger charge is 2.23. The number of rotatable bonds is 7. The lowest BCUT2D eigenvalue weighted by atomic mass is 10.1. The van der Waals surface area contributed by atoms with Crippen molar-refractivity contribution < 1.29 is 22.7 Å². The number of carbonyl (C=O) groups is 1. The summed E-state index contributed by atoms with van der Waals surface area (Å²) in [7, 11) is 0. The van der Waals surface area contributed by atoms with Crippen LogP contribution in [0.2, 0.25) is 5.15 Å². The molecule has 0 saturated carbocycles. The van der Waals surface area contributed by atoms with E-state index in [1.165, 1.54) is 19.1 Å². The number of allylic oxidation sites excluding steroid dienone is 5. The number of ether oxygens (including phenoxy) is 1. The van der Waals surface area contributed by atoms with Crippen LogP contribution in [0.5, 0.6) is 0 Å². The van der Waals surface area contributed by atoms with Crippen molar-refractivity contribution in [2.24, 2.45) is 0 Å². The first kappa shape index (κ1) is 26.0. The van der Waals surface area contributed by atoms with E-state index in [1.54, 1.807) is 33.8 Å². The number of nitrogens with one attached hydrogen (secondary N) is 2. The predicted molar refractivity (Wildman–Crippen MR) is 113 cm³/mol. The number of anilines is 1. The first-order valence-electron chi connectivity index (χ1n) is 9.26. The first-order valence-corrected chi connectivity index (χ1v) is 9.64. The molecule has 10 heteroatoms. The van der Waals surface area contributed by atoms with E-state index >= 15 is 0 Å². The fraction of sp³-hybridized carbons (Fsp3) is 0.381. The van der Waals surface area contributed by atoms with Gasteiger partial charge in [-0.3, -0.25) is 0 Å². The summed E-state index contributed by atoms with van der Waals surface area (Å²) in [5.74, 6) is -3.49. The molecular weight excluding hydrogens is 433 g/mol. The third-order valence-electron chi connectivity index (χ3n) is 3.63. The third kappa shape index (κ3) is 8.72. The molecule has 0 aliphatic heterocycles. The number of hydrogen-bond donors (Lipinski definition) is 2. The van der Waals surface area contributed by atoms with Gasteiger partial charge in [0.05, 0.1) is 17.6 Å². The third-order valence-corrected chi connectivity index (χ3v) is 3.92. The summed E-state index contributed by atoms with van der Waals surface area (Å²) in [6, 6.07) is 0.849. The summed E-state index contributed by atoms with van der Waals surface area (Å²) in [4.78, 5) is 15.9. The van der Waals surface area contributed by atoms with Crippen molar-refractivity contribution in [3.63, 3.8) is 0 Å². The molecule has 1 aromatic rings. The molecule has 168 valence electrons. The van der Waals surface area contributed by atoms with E-state index in [9.17, 15) is 18.0 Å². The maximum atomic E-state index is 14.3. The Labute approximate surface area is 184 Å². The molecule has 2 N–H and O–H groups in total. The molecule has 6 nitrogen and oxygen atoms in total. The SMILES string of the molecule is C\C=C/C(F)=C(F)\C=C\[C@@H](Nc1nc(Cl)c(C#N)cc1F)[C@H](C)NC(=O)OC(C)(C)C. The Kier molecular flexibility index (Phi) is 9.59. The number of nitrogens with zero attached hydrogens (tertiary/aromatic N) is 2. The van der Waals surface area contributed by atoms with E-state index in [-0.39, 0.29) is 16.5 Å². The number of nitriles is 1. The molecule has 31 heavy (non-hydrogen) atoms. The van der Waals surface area contributed by atoms with Gasteiger partial charge in [-0.2, -0.15) is 5.26 Å². The molecule has 2 atom stereocenters. The van der Waals surface area contributed by atoms with Gasteiger partial charge in [0.1, 0.15) is 16.8 Å². The van der Waals surface area contributed by atoms with Gasteiger partial charge in [0.2, 0.25) is 0 Å². The van der Waals surface area contributed by atoms with Gasteiger partial charge in [-0.25, -0.2) is 22.9 Å². The molecule has 1 amide bonds. The predicted octanol–water partition coefficient (Wildman–Crippen LogP) is 5.72. The Hall–Kier alpha value is -2.99. The van der Waals surface area contributed by atoms with Crippen molar-refractivity contribution in [1.29, 1.82) is 5.26 Å². The summed E-state index contributed by atoms with van der Waals surface area (Å²) < 4.78 is 47.1. The van der Waals surface area contributed by atoms with Crippen molar-refractivity contribution >= 4 is 23.5 Å². The second kappa shape index (κ2) is 11.4. The van der Waals surface area contributed by atoms with Gasteiger partial charge >= 0.3 is 6.09 Å². The molecule has 0 aliphatic carbocycles. The summed E-state index contributed by atoms with van der Waals surface area (Å²) in [6.07, 6.45) is 3.52. The van der Waals surface area contributed by atoms with E-state index < -0.39 is 41.2 Å². The van der Waals surface area contributed by atoms with E-state index in [2.05, 4.69) is 15.6 Å². The molecule has 0 bridgehead atoms. The van der Waals surface area contributed by atoms with Gasteiger partial charge in [-0.05, 0) is 52.8 Å². The second-order valence-corrected chi connectivity index (χ2v) is 7.79. The van der Waals surface area contributed by atoms with Crippen LogP contribution in [-0.4, -0.2) is 28.8 Å². The molecule has 1 aromatic heterocycles. The average Bonchev–Trinajstić information content (AvgIpc) is 2.65. The molecule has 0 radical (unpaired) electrons. The number of hydrogen-bond acceptors (Lipinski definition) is 5. The minimum atomic E-state index is -1.17. The van der Waals surface area contributed by atoms with Crippen molar-refractivity contribution in [1.82, 2.24) is 10.3 Å². The monoisotopic (exact) mass is 456 g/mol. The molecule has 0 aromatic carbocycles. The number of aromatic nitrogens is 1. The van der Waals surface area contributed by atoms with Crippen molar-refractivity contribution in [2.45, 2.75) is 52.3 Å². The zero-order valence-electron chi connectivity index (χ0n) is 17.8. The van der Waals surface area contributed by atoms with Gasteiger partial charge in [-0.1, -0.05) is 23.8 Å². The Morgan fingerprint density at radius 1 is 1.32 bits per heavy atom. The molecule has 1 heterocycles. The van der Waals surface area contributed by atoms with Gasteiger partial charge in [0, 0.05) is 0 Å². The van der Waals surface area contributed by atoms with Crippen molar-refractivity contribution in [3.8, 4) is 6.07 Å². The Morgan fingerprint density at radius 2 is 1.94 bits per heavy atom. The van der Waals surface area contributed by atoms with Gasteiger partial charge in [0.15, 0.2) is 23.3 Å². The minimum Gasteiger partial charge on any atom is -0.444 e. The summed E-state index contributed by atoms with van der Waals surface area (Å²) >= 11 is 5.85. The van der Waals surface area contributed by atoms with E-state index in [0.717, 1.165) is 18.2 Å². The lowest BCUT2D eigenvalue weighted by molar-refractivity contribution is 0.0506. The molecule has 0 spiro atoms. The standard InChI is InChI=1S/C21H24ClF3N4O2/c1-6-7-14(23)15(24)8-9-17(12(2)27-20(30)31-21(3,4)5)28-19-16(25)10-13(11-26)18(22)29-19/h6-10,12,17H,1-5H3,(H,27,30)(H,28,29)/b7-6-,9-8+,15-14-/t12-,17+/m0/s1. The highest BCUT2D eigenvalue weighted by atomic mass is 35.5. The molecule has 1 rings (SSSR count). The van der Waals surface area contributed by atoms with Crippen LogP contribution < -0.4 is 10.6 Å². The number of alkyl carbamates (subject to hydrolysis) is 1. The fourth-order valence-electron chi connectivity index (χ4n) is 2.22. The zero-order valence-corrected chi connectivity index (χ0v) is 18.5. The minimum absolute atomic E-state index is 0.167. The highest BCUT2D eigenvalue weighted by molar-refractivity contribution is 6.30. The lowest BCUT2D eigenvalue weighted by Gasteiger charge is -2.26. The number of pyridine rings is 1. The Balaban J connectivity index is 3.22. The van der Waals surface area contributed by atoms with Crippen LogP contribution in [0.1, 0.15) is 40.2 Å². The lowest BCUT2D eigenvalue weighted by Crippen LogP contribution is -2.46. The van der Waals surface area contributed by atoms with Gasteiger partial charge in [-0.15, -0.1) is 0 Å². The van der Waals surface area contributed by atoms with Crippen LogP contribution in [0, 0.1) is 17.1 Å². The van der Waals surface area contributed by atoms with Crippen LogP contribution in [0.3, 0.4) is 0 Å². The van der Waals surface area contributed by atoms with Gasteiger partial charge in [0.25, 0.3) is 0 Å². The number of carbonyl (C=O) groups excluding carboxylic acids is 1. The zero-order chi connectivity index (χ0) is 23.8.